The summed E-state index contributed by atoms with van der Waals surface area (Å²) in [5.74, 6) is 1.79. The summed E-state index contributed by atoms with van der Waals surface area (Å²) >= 11 is 0. The van der Waals surface area contributed by atoms with Crippen molar-refractivity contribution in [3.05, 3.63) is 224 Å². The lowest BCUT2D eigenvalue weighted by molar-refractivity contribution is 0.953. The minimum absolute atomic E-state index is 0.560. The maximum absolute atomic E-state index is 5.31. The average Bonchev–Trinajstić information content (AvgIpc) is 3.86. The quantitative estimate of drug-likeness (QED) is 0.162. The largest absolute Gasteiger partial charge is 0.309 e. The third-order valence-corrected chi connectivity index (χ3v) is 12.0. The van der Waals surface area contributed by atoms with Crippen molar-refractivity contribution >= 4 is 43.6 Å². The molecule has 0 bridgehead atoms. The van der Waals surface area contributed by atoms with E-state index >= 15 is 0 Å². The lowest BCUT2D eigenvalue weighted by atomic mass is 9.98. The zero-order chi connectivity index (χ0) is 41.0. The molecular formula is C57H37N5. The van der Waals surface area contributed by atoms with Crippen molar-refractivity contribution in [2.45, 2.75) is 0 Å². The van der Waals surface area contributed by atoms with E-state index in [9.17, 15) is 0 Å². The van der Waals surface area contributed by atoms with Crippen LogP contribution in [0.1, 0.15) is 0 Å². The van der Waals surface area contributed by atoms with Crippen molar-refractivity contribution in [1.29, 1.82) is 0 Å². The SMILES string of the molecule is c1ccc(-c2ccc(-c3nc(-c4ccccc4)nc(-n4c5ccccc5c5cc6c7ccccc7n(-c7cc(-c8ccccc8)ccc7-c7ccccc7)c6cc54)n3)cc2)cc1. The zero-order valence-corrected chi connectivity index (χ0v) is 33.6. The minimum atomic E-state index is 0.560. The molecule has 0 amide bonds. The van der Waals surface area contributed by atoms with Crippen LogP contribution in [0.2, 0.25) is 0 Å². The van der Waals surface area contributed by atoms with Gasteiger partial charge in [0.05, 0.1) is 27.8 Å². The first-order valence-corrected chi connectivity index (χ1v) is 20.9. The summed E-state index contributed by atoms with van der Waals surface area (Å²) in [6.45, 7) is 0. The summed E-state index contributed by atoms with van der Waals surface area (Å²) in [7, 11) is 0. The second kappa shape index (κ2) is 14.7. The number of aromatic nitrogens is 5. The molecule has 3 aromatic heterocycles. The van der Waals surface area contributed by atoms with Gasteiger partial charge in [-0.2, -0.15) is 9.97 Å². The molecule has 62 heavy (non-hydrogen) atoms. The van der Waals surface area contributed by atoms with Crippen LogP contribution in [0.25, 0.3) is 111 Å². The molecule has 3 heterocycles. The first kappa shape index (κ1) is 35.5. The first-order chi connectivity index (χ1) is 30.7. The maximum atomic E-state index is 5.31. The Morgan fingerprint density at radius 2 is 0.677 bits per heavy atom. The average molecular weight is 792 g/mol. The van der Waals surface area contributed by atoms with Gasteiger partial charge in [-0.25, -0.2) is 4.98 Å². The van der Waals surface area contributed by atoms with E-state index in [4.69, 9.17) is 15.0 Å². The predicted octanol–water partition coefficient (Wildman–Crippen LogP) is 14.4. The van der Waals surface area contributed by atoms with Crippen molar-refractivity contribution in [3.8, 4) is 67.8 Å². The van der Waals surface area contributed by atoms with E-state index in [0.717, 1.165) is 77.5 Å². The Morgan fingerprint density at radius 1 is 0.258 bits per heavy atom. The first-order valence-electron chi connectivity index (χ1n) is 20.9. The Bertz CT molecular complexity index is 3590. The Balaban J connectivity index is 1.14. The second-order valence-corrected chi connectivity index (χ2v) is 15.6. The highest BCUT2D eigenvalue weighted by Crippen LogP contribution is 2.42. The molecule has 5 nitrogen and oxygen atoms in total. The van der Waals surface area contributed by atoms with Gasteiger partial charge in [0.1, 0.15) is 0 Å². The highest BCUT2D eigenvalue weighted by Gasteiger charge is 2.22. The zero-order valence-electron chi connectivity index (χ0n) is 33.6. The summed E-state index contributed by atoms with van der Waals surface area (Å²) in [6, 6.07) is 79.4. The van der Waals surface area contributed by atoms with Crippen LogP contribution in [-0.2, 0) is 0 Å². The number of rotatable bonds is 7. The highest BCUT2D eigenvalue weighted by molar-refractivity contribution is 6.19. The number of nitrogens with zero attached hydrogens (tertiary/aromatic N) is 5. The monoisotopic (exact) mass is 791 g/mol. The van der Waals surface area contributed by atoms with Crippen molar-refractivity contribution in [2.75, 3.05) is 0 Å². The van der Waals surface area contributed by atoms with Crippen LogP contribution in [-0.4, -0.2) is 24.1 Å². The highest BCUT2D eigenvalue weighted by atomic mass is 15.2. The van der Waals surface area contributed by atoms with Crippen LogP contribution in [0.3, 0.4) is 0 Å². The normalized spacial score (nSPS) is 11.5. The van der Waals surface area contributed by atoms with Crippen molar-refractivity contribution in [3.63, 3.8) is 0 Å². The molecule has 0 aliphatic heterocycles. The van der Waals surface area contributed by atoms with Gasteiger partial charge < -0.3 is 4.57 Å². The van der Waals surface area contributed by atoms with Gasteiger partial charge in [0.2, 0.25) is 5.95 Å². The van der Waals surface area contributed by atoms with E-state index in [2.05, 4.69) is 209 Å². The molecule has 12 aromatic rings. The molecule has 0 radical (unpaired) electrons. The summed E-state index contributed by atoms with van der Waals surface area (Å²) in [6.07, 6.45) is 0. The molecule has 12 rings (SSSR count). The Labute approximate surface area is 358 Å². The van der Waals surface area contributed by atoms with Gasteiger partial charge in [0.15, 0.2) is 11.6 Å². The van der Waals surface area contributed by atoms with E-state index in [1.54, 1.807) is 0 Å². The smallest absolute Gasteiger partial charge is 0.238 e. The Morgan fingerprint density at radius 3 is 1.27 bits per heavy atom. The molecule has 0 aliphatic carbocycles. The molecule has 5 heteroatoms. The third kappa shape index (κ3) is 5.98. The standard InChI is InChI=1S/C57H37N5/c1-5-17-38(18-6-1)40-29-31-43(32-30-40)56-58-55(42-23-11-4-12-24-42)59-57(60-56)62-51-28-16-14-26-47(51)49-36-48-46-25-13-15-27-50(46)61(53(48)37-54(49)62)52-35-44(39-19-7-2-8-20-39)33-34-45(52)41-21-9-3-10-22-41/h1-37H. The van der Waals surface area contributed by atoms with E-state index in [0.29, 0.717) is 17.6 Å². The topological polar surface area (TPSA) is 48.5 Å². The fourth-order valence-electron chi connectivity index (χ4n) is 9.05. The van der Waals surface area contributed by atoms with Gasteiger partial charge in [0.25, 0.3) is 0 Å². The van der Waals surface area contributed by atoms with Crippen molar-refractivity contribution in [1.82, 2.24) is 24.1 Å². The lowest BCUT2D eigenvalue weighted by Gasteiger charge is -2.16. The van der Waals surface area contributed by atoms with E-state index in [1.807, 2.05) is 24.3 Å². The maximum Gasteiger partial charge on any atom is 0.238 e. The number of benzene rings is 9. The van der Waals surface area contributed by atoms with Crippen LogP contribution in [0.5, 0.6) is 0 Å². The Kier molecular flexibility index (Phi) is 8.42. The van der Waals surface area contributed by atoms with Gasteiger partial charge in [-0.1, -0.05) is 194 Å². The van der Waals surface area contributed by atoms with E-state index < -0.39 is 0 Å². The summed E-state index contributed by atoms with van der Waals surface area (Å²) < 4.78 is 4.67. The molecule has 0 aliphatic rings. The van der Waals surface area contributed by atoms with Crippen LogP contribution in [0.4, 0.5) is 0 Å². The number of para-hydroxylation sites is 2. The molecule has 9 aromatic carbocycles. The fourth-order valence-corrected chi connectivity index (χ4v) is 9.05. The van der Waals surface area contributed by atoms with Gasteiger partial charge in [-0.05, 0) is 58.1 Å². The van der Waals surface area contributed by atoms with Crippen LogP contribution >= 0.6 is 0 Å². The predicted molar refractivity (Wildman–Crippen MR) is 256 cm³/mol. The van der Waals surface area contributed by atoms with Crippen LogP contribution < -0.4 is 0 Å². The molecular weight excluding hydrogens is 755 g/mol. The molecule has 0 N–H and O–H groups in total. The molecule has 0 saturated carbocycles. The summed E-state index contributed by atoms with van der Waals surface area (Å²) in [4.78, 5) is 15.7. The number of fused-ring (bicyclic) bond motifs is 6. The van der Waals surface area contributed by atoms with Gasteiger partial charge in [-0.15, -0.1) is 0 Å². The molecule has 0 spiro atoms. The van der Waals surface area contributed by atoms with Gasteiger partial charge >= 0.3 is 0 Å². The lowest BCUT2D eigenvalue weighted by Crippen LogP contribution is -2.06. The minimum Gasteiger partial charge on any atom is -0.309 e. The molecule has 290 valence electrons. The second-order valence-electron chi connectivity index (χ2n) is 15.6. The van der Waals surface area contributed by atoms with Gasteiger partial charge in [0, 0.05) is 38.2 Å². The third-order valence-electron chi connectivity index (χ3n) is 12.0. The molecule has 0 fully saturated rings. The van der Waals surface area contributed by atoms with Gasteiger partial charge in [-0.3, -0.25) is 4.57 Å². The van der Waals surface area contributed by atoms with Crippen molar-refractivity contribution in [2.24, 2.45) is 0 Å². The van der Waals surface area contributed by atoms with Crippen molar-refractivity contribution < 1.29 is 0 Å². The summed E-state index contributed by atoms with van der Waals surface area (Å²) in [5.41, 5.74) is 14.2. The van der Waals surface area contributed by atoms with Crippen LogP contribution in [0.15, 0.2) is 224 Å². The fraction of sp³-hybridized carbons (Fsp3) is 0. The summed E-state index contributed by atoms with van der Waals surface area (Å²) in [5, 5.41) is 4.64. The molecule has 0 unspecified atom stereocenters. The molecule has 0 atom stereocenters. The Hall–Kier alpha value is -8.41. The van der Waals surface area contributed by atoms with Crippen LogP contribution in [0, 0.1) is 0 Å². The van der Waals surface area contributed by atoms with E-state index in [-0.39, 0.29) is 0 Å². The number of hydrogen-bond donors (Lipinski definition) is 0. The molecule has 0 saturated heterocycles. The number of hydrogen-bond acceptors (Lipinski definition) is 3. The van der Waals surface area contributed by atoms with E-state index in [1.165, 1.54) is 16.3 Å².